The molecule has 4 N–H and O–H groups in total. The number of nitrogens with one attached hydrogen (secondary N) is 1. The molecule has 12 heterocycles. The third kappa shape index (κ3) is 21.6. The first-order valence-electron chi connectivity index (χ1n) is 43.6. The monoisotopic (exact) mass is 1930 g/mol. The number of esters is 2. The summed E-state index contributed by atoms with van der Waals surface area (Å²) < 4.78 is 134. The van der Waals surface area contributed by atoms with Crippen molar-refractivity contribution in [1.29, 1.82) is 0 Å². The van der Waals surface area contributed by atoms with Gasteiger partial charge in [-0.25, -0.2) is 53.9 Å². The number of carbonyl (C=O) groups is 6. The van der Waals surface area contributed by atoms with Gasteiger partial charge in [-0.15, -0.1) is 12.4 Å². The minimum atomic E-state index is -3.11. The van der Waals surface area contributed by atoms with Crippen molar-refractivity contribution in [3.8, 4) is 50.6 Å². The summed E-state index contributed by atoms with van der Waals surface area (Å²) in [6.07, 6.45) is 8.50. The molecule has 5 atom stereocenters. The predicted octanol–water partition coefficient (Wildman–Crippen LogP) is 9.52. The number of alkyl halides is 6. The van der Waals surface area contributed by atoms with Crippen LogP contribution < -0.4 is 56.6 Å². The highest BCUT2D eigenvalue weighted by Gasteiger charge is 2.42. The Bertz CT molecular complexity index is 6760. The van der Waals surface area contributed by atoms with Gasteiger partial charge in [0, 0.05) is 151 Å². The molecule has 46 heteroatoms. The highest BCUT2D eigenvalue weighted by atomic mass is 35.5. The van der Waals surface area contributed by atoms with Crippen molar-refractivity contribution >= 4 is 99.3 Å². The molecule has 0 unspecified atom stereocenters. The molecule has 0 spiro atoms. The standard InChI is InChI=1S/C35H39F2N7O8.C30H31F2N7O6.C27H26F2N6O5.ClH/c1-20(40-33(47)52-35(2,3)4)30(46)49-18-21-6-9-28(51-31(36)37)23(12-21)16-44-27-13-22(7-8-26(27)29(45)41(44)5)24-14-38-32(39-15-24)42-10-11-43-25(17-42)19-50-34(43)48;1-17(33)27(41)43-15-18-3-6-25(45-28(31)32)20(9-18)13-39-24-10-19(4-5-23(24)26(40)36(39)2)21-11-34-29(35-12-21)37-7-8-38-22(14-37)16-44-30(38)42;1-32-24(37)21-4-3-17(9-22(21)35(32)12-18-8-16(14-36)2-5-23(18)40-25(28)29)19-10-30-26(31-11-19)33-6-7-34-20(13-33)15-39-27(34)38;/h6-9,12-15,20,25,31H,10-11,16-19H2,1-5H3,(H,40,47);3-6,9-12,17,22,28H,7-8,13-16,33H2,1-2H3;2-5,8-11,20,25,36H,6-7,12-15H2,1H3;1H/t20-,25-;17-,22-;20-;/m000./s1. The smallest absolute Gasteiger partial charge is 0.410 e. The van der Waals surface area contributed by atoms with E-state index < -0.39 is 55.6 Å². The van der Waals surface area contributed by atoms with Crippen LogP contribution in [0.4, 0.5) is 63.4 Å². The molecule has 0 saturated carbocycles. The normalized spacial score (nSPS) is 16.7. The molecule has 6 fully saturated rings. The Labute approximate surface area is 788 Å². The van der Waals surface area contributed by atoms with Gasteiger partial charge in [0.05, 0.1) is 77.1 Å². The third-order valence-corrected chi connectivity index (χ3v) is 24.0. The number of aliphatic hydroxyl groups excluding tert-OH is 1. The molecule has 4 amide bonds. The maximum absolute atomic E-state index is 13.5. The SMILES string of the molecule is C[C@H](N)C(=O)OCc1ccc(OC(F)F)c(Cn2c3cc(-c4cnc(N5CCN6C(=O)OC[C@@H]6C5)nc4)ccc3c(=O)n2C)c1.C[C@H](NC(=O)OC(C)(C)C)C(=O)OCc1ccc(OC(F)F)c(Cn2c3cc(-c4cnc(N5CCN6C(=O)OC[C@@H]6C5)nc4)ccc3c(=O)n2C)c1.Cl.Cn1c(=O)c2ccc(-c3cnc(N4CCN5C(=O)OC[C@@H]5C4)nc3)cc2n1Cc1cc(CO)ccc1OC(F)F. The molecular weight excluding hydrogens is 1840 g/mol. The molecule has 0 bridgehead atoms. The number of halogens is 7. The number of piperazine rings is 3. The van der Waals surface area contributed by atoms with Crippen molar-refractivity contribution in [1.82, 2.24) is 78.0 Å². The fourth-order valence-electron chi connectivity index (χ4n) is 16.9. The van der Waals surface area contributed by atoms with Crippen LogP contribution in [-0.4, -0.2) is 248 Å². The molecule has 6 aromatic heterocycles. The van der Waals surface area contributed by atoms with Crippen LogP contribution in [-0.2, 0) is 98.6 Å². The molecule has 6 saturated heterocycles. The molecule has 138 heavy (non-hydrogen) atoms. The highest BCUT2D eigenvalue weighted by molar-refractivity contribution is 5.88. The number of benzene rings is 6. The van der Waals surface area contributed by atoms with Gasteiger partial charge in [-0.3, -0.25) is 62.0 Å². The summed E-state index contributed by atoms with van der Waals surface area (Å²) >= 11 is 0. The van der Waals surface area contributed by atoms with E-state index in [4.69, 9.17) is 48.4 Å². The van der Waals surface area contributed by atoms with E-state index in [0.717, 1.165) is 22.3 Å². The van der Waals surface area contributed by atoms with Gasteiger partial charge in [-0.1, -0.05) is 36.4 Å². The maximum atomic E-state index is 13.5. The number of hydrogen-bond donors (Lipinski definition) is 3. The Morgan fingerprint density at radius 2 is 0.761 bits per heavy atom. The zero-order chi connectivity index (χ0) is 97.1. The average Bonchev–Trinajstić information content (AvgIpc) is 1.62. The van der Waals surface area contributed by atoms with E-state index in [0.29, 0.717) is 174 Å². The van der Waals surface area contributed by atoms with Crippen LogP contribution in [0.1, 0.15) is 68.0 Å². The van der Waals surface area contributed by atoms with E-state index in [-0.39, 0.29) is 122 Å². The van der Waals surface area contributed by atoms with E-state index in [1.54, 1.807) is 162 Å². The highest BCUT2D eigenvalue weighted by Crippen LogP contribution is 2.35. The molecule has 39 nitrogen and oxygen atoms in total. The number of cyclic esters (lactones) is 3. The third-order valence-electron chi connectivity index (χ3n) is 24.0. The van der Waals surface area contributed by atoms with Crippen molar-refractivity contribution in [2.75, 3.05) is 93.4 Å². The summed E-state index contributed by atoms with van der Waals surface area (Å²) in [5.74, 6) is 0.0536. The maximum Gasteiger partial charge on any atom is 0.410 e. The van der Waals surface area contributed by atoms with Gasteiger partial charge in [0.15, 0.2) is 0 Å². The topological polar surface area (TPSA) is 421 Å². The fourth-order valence-corrected chi connectivity index (χ4v) is 16.9. The minimum Gasteiger partial charge on any atom is -0.460 e. The lowest BCUT2D eigenvalue weighted by molar-refractivity contribution is -0.147. The number of rotatable bonds is 26. The van der Waals surface area contributed by atoms with E-state index in [9.17, 15) is 74.6 Å². The van der Waals surface area contributed by atoms with Gasteiger partial charge < -0.3 is 73.5 Å². The number of anilines is 3. The summed E-state index contributed by atoms with van der Waals surface area (Å²) in [6.45, 7) is 4.30. The first kappa shape index (κ1) is 97.5. The van der Waals surface area contributed by atoms with Gasteiger partial charge in [0.2, 0.25) is 17.8 Å². The van der Waals surface area contributed by atoms with Gasteiger partial charge in [-0.05, 0) is 141 Å². The summed E-state index contributed by atoms with van der Waals surface area (Å²) in [4.78, 5) is 150. The number of fused-ring (bicyclic) bond motifs is 6. The number of nitrogens with two attached hydrogens (primary N) is 1. The van der Waals surface area contributed by atoms with E-state index >= 15 is 0 Å². The Kier molecular flexibility index (Phi) is 29.2. The predicted molar refractivity (Wildman–Crippen MR) is 489 cm³/mol. The molecule has 728 valence electrons. The quantitative estimate of drug-likeness (QED) is 0.0258. The van der Waals surface area contributed by atoms with Crippen LogP contribution >= 0.6 is 12.4 Å². The van der Waals surface area contributed by atoms with Gasteiger partial charge >= 0.3 is 56.1 Å². The van der Waals surface area contributed by atoms with Crippen LogP contribution in [0, 0.1) is 0 Å². The van der Waals surface area contributed by atoms with Crippen molar-refractivity contribution in [2.45, 2.75) is 130 Å². The van der Waals surface area contributed by atoms with Crippen LogP contribution in [0.25, 0.3) is 66.1 Å². The van der Waals surface area contributed by atoms with Gasteiger partial charge in [0.1, 0.15) is 68.0 Å². The molecule has 12 aromatic rings. The largest absolute Gasteiger partial charge is 0.460 e. The Hall–Kier alpha value is -15.0. The molecular formula is C92H97ClF6N20O19. The molecule has 0 aliphatic carbocycles. The zero-order valence-corrected chi connectivity index (χ0v) is 76.6. The molecule has 6 aromatic carbocycles. The van der Waals surface area contributed by atoms with Gasteiger partial charge in [-0.2, -0.15) is 26.3 Å². The molecule has 6 aliphatic heterocycles. The average molecular weight is 1940 g/mol. The van der Waals surface area contributed by atoms with E-state index in [1.807, 2.05) is 32.9 Å². The lowest BCUT2D eigenvalue weighted by atomic mass is 10.1. The second-order valence-electron chi connectivity index (χ2n) is 34.3. The van der Waals surface area contributed by atoms with Crippen LogP contribution in [0.15, 0.2) is 161 Å². The molecule has 0 radical (unpaired) electrons. The number of ether oxygens (including phenoxy) is 9. The van der Waals surface area contributed by atoms with Crippen LogP contribution in [0.3, 0.4) is 0 Å². The lowest BCUT2D eigenvalue weighted by Gasteiger charge is -2.35. The summed E-state index contributed by atoms with van der Waals surface area (Å²) in [6, 6.07) is 27.3. The Morgan fingerprint density at radius 1 is 0.449 bits per heavy atom. The summed E-state index contributed by atoms with van der Waals surface area (Å²) in [5, 5.41) is 13.3. The first-order valence-corrected chi connectivity index (χ1v) is 43.6. The number of carbonyl (C=O) groups excluding carboxylic acids is 6. The second-order valence-corrected chi connectivity index (χ2v) is 34.3. The number of alkyl carbamates (subject to hydrolysis) is 1. The number of amides is 4. The number of nitrogens with zero attached hydrogens (tertiary/aromatic N) is 18. The number of hydrogen-bond acceptors (Lipinski definition) is 29. The van der Waals surface area contributed by atoms with E-state index in [1.165, 1.54) is 64.3 Å². The molecule has 18 rings (SSSR count). The van der Waals surface area contributed by atoms with Crippen molar-refractivity contribution in [3.63, 3.8) is 0 Å². The lowest BCUT2D eigenvalue weighted by Crippen LogP contribution is -2.52. The summed E-state index contributed by atoms with van der Waals surface area (Å²) in [5.41, 5.74) is 12.6. The molecule has 6 aliphatic rings. The number of aliphatic hydroxyl groups is 1. The fraction of sp³-hybridized carbons (Fsp3) is 0.380. The summed E-state index contributed by atoms with van der Waals surface area (Å²) in [7, 11) is 4.76. The second kappa shape index (κ2) is 41.3. The van der Waals surface area contributed by atoms with E-state index in [2.05, 4.69) is 35.2 Å². The van der Waals surface area contributed by atoms with Gasteiger partial charge in [0.25, 0.3) is 16.7 Å². The Balaban J connectivity index is 0.000000158. The minimum absolute atomic E-state index is 0. The van der Waals surface area contributed by atoms with Crippen molar-refractivity contribution in [3.05, 3.63) is 211 Å². The van der Waals surface area contributed by atoms with Crippen LogP contribution in [0.5, 0.6) is 17.2 Å². The Morgan fingerprint density at radius 3 is 1.07 bits per heavy atom. The number of aromatic nitrogens is 12. The first-order chi connectivity index (χ1) is 65.6. The van der Waals surface area contributed by atoms with Crippen molar-refractivity contribution < 1.29 is 103 Å². The van der Waals surface area contributed by atoms with Crippen molar-refractivity contribution in [2.24, 2.45) is 26.9 Å². The zero-order valence-electron chi connectivity index (χ0n) is 75.8. The van der Waals surface area contributed by atoms with Crippen LogP contribution in [0.2, 0.25) is 0 Å².